The van der Waals surface area contributed by atoms with Crippen LogP contribution in [0.25, 0.3) is 11.3 Å². The number of halogens is 1. The van der Waals surface area contributed by atoms with Gasteiger partial charge in [-0.1, -0.05) is 60.1 Å². The van der Waals surface area contributed by atoms with E-state index in [1.54, 1.807) is 6.07 Å². The Bertz CT molecular complexity index is 912. The van der Waals surface area contributed by atoms with E-state index in [9.17, 15) is 4.79 Å². The summed E-state index contributed by atoms with van der Waals surface area (Å²) in [5, 5.41) is 3.00. The molecule has 0 saturated carbocycles. The number of amides is 1. The third-order valence-electron chi connectivity index (χ3n) is 4.06. The molecule has 24 heavy (non-hydrogen) atoms. The predicted molar refractivity (Wildman–Crippen MR) is 93.7 cm³/mol. The number of epoxide rings is 1. The highest BCUT2D eigenvalue weighted by Gasteiger charge is 2.66. The Kier molecular flexibility index (Phi) is 3.64. The summed E-state index contributed by atoms with van der Waals surface area (Å²) >= 11 is 7.60. The lowest BCUT2D eigenvalue weighted by molar-refractivity contribution is -0.123. The van der Waals surface area contributed by atoms with Crippen molar-refractivity contribution in [1.29, 1.82) is 0 Å². The molecule has 4 rings (SSSR count). The van der Waals surface area contributed by atoms with Crippen LogP contribution in [0.1, 0.15) is 16.7 Å². The van der Waals surface area contributed by atoms with Crippen molar-refractivity contribution in [2.75, 3.05) is 0 Å². The molecule has 2 atom stereocenters. The first kappa shape index (κ1) is 15.3. The van der Waals surface area contributed by atoms with Crippen LogP contribution in [-0.4, -0.2) is 10.9 Å². The van der Waals surface area contributed by atoms with E-state index >= 15 is 0 Å². The Morgan fingerprint density at radius 1 is 1.17 bits per heavy atom. The zero-order chi connectivity index (χ0) is 16.7. The van der Waals surface area contributed by atoms with Crippen molar-refractivity contribution >= 4 is 28.8 Å². The number of nitrogens with zero attached hydrogens (tertiary/aromatic N) is 1. The third-order valence-corrected chi connectivity index (χ3v) is 5.36. The van der Waals surface area contributed by atoms with Crippen LogP contribution >= 0.6 is 22.9 Å². The van der Waals surface area contributed by atoms with Crippen molar-refractivity contribution in [3.05, 3.63) is 75.6 Å². The average molecular weight is 357 g/mol. The number of carbonyl (C=O) groups excluding carboxylic acids is 1. The van der Waals surface area contributed by atoms with E-state index in [2.05, 4.69) is 4.98 Å². The summed E-state index contributed by atoms with van der Waals surface area (Å²) in [5.41, 5.74) is 6.94. The van der Waals surface area contributed by atoms with Crippen LogP contribution in [0.15, 0.2) is 60.0 Å². The van der Waals surface area contributed by atoms with Gasteiger partial charge < -0.3 is 10.5 Å². The summed E-state index contributed by atoms with van der Waals surface area (Å²) in [4.78, 5) is 16.7. The molecular weight excluding hydrogens is 344 g/mol. The van der Waals surface area contributed by atoms with Crippen molar-refractivity contribution in [3.8, 4) is 11.3 Å². The maximum absolute atomic E-state index is 12.1. The monoisotopic (exact) mass is 356 g/mol. The number of carbonyl (C=O) groups is 1. The van der Waals surface area contributed by atoms with E-state index in [1.807, 2.05) is 53.9 Å². The first-order valence-electron chi connectivity index (χ1n) is 7.36. The van der Waals surface area contributed by atoms with Crippen LogP contribution in [0.2, 0.25) is 5.02 Å². The van der Waals surface area contributed by atoms with Crippen molar-refractivity contribution in [1.82, 2.24) is 4.98 Å². The Morgan fingerprint density at radius 2 is 1.88 bits per heavy atom. The predicted octanol–water partition coefficient (Wildman–Crippen LogP) is 3.92. The fourth-order valence-electron chi connectivity index (χ4n) is 2.76. The molecule has 1 aliphatic rings. The number of primary amides is 1. The molecule has 2 N–H and O–H groups in total. The first-order chi connectivity index (χ1) is 11.6. The average Bonchev–Trinajstić information content (AvgIpc) is 3.16. The van der Waals surface area contributed by atoms with Crippen LogP contribution in [-0.2, 0) is 15.1 Å². The van der Waals surface area contributed by atoms with Crippen molar-refractivity contribution in [3.63, 3.8) is 0 Å². The van der Waals surface area contributed by atoms with Crippen LogP contribution in [0.4, 0.5) is 0 Å². The van der Waals surface area contributed by atoms with Crippen LogP contribution in [0.5, 0.6) is 0 Å². The molecule has 6 heteroatoms. The molecule has 3 aromatic rings. The fourth-order valence-corrected chi connectivity index (χ4v) is 3.99. The molecule has 1 fully saturated rings. The lowest BCUT2D eigenvalue weighted by Gasteiger charge is -2.06. The second-order valence-electron chi connectivity index (χ2n) is 5.52. The smallest absolute Gasteiger partial charge is 0.260 e. The van der Waals surface area contributed by atoms with Crippen molar-refractivity contribution < 1.29 is 9.53 Å². The van der Waals surface area contributed by atoms with Gasteiger partial charge in [0.1, 0.15) is 11.1 Å². The number of benzene rings is 2. The molecule has 4 nitrogen and oxygen atoms in total. The summed E-state index contributed by atoms with van der Waals surface area (Å²) in [6.07, 6.45) is -0.501. The van der Waals surface area contributed by atoms with Crippen molar-refractivity contribution in [2.24, 2.45) is 5.73 Å². The number of rotatable bonds is 4. The van der Waals surface area contributed by atoms with Gasteiger partial charge in [0, 0.05) is 21.5 Å². The summed E-state index contributed by atoms with van der Waals surface area (Å²) in [6.45, 7) is 0. The highest BCUT2D eigenvalue weighted by atomic mass is 35.5. The second-order valence-corrected chi connectivity index (χ2v) is 6.79. The van der Waals surface area contributed by atoms with Gasteiger partial charge >= 0.3 is 0 Å². The van der Waals surface area contributed by atoms with E-state index in [-0.39, 0.29) is 0 Å². The minimum atomic E-state index is -1.23. The highest BCUT2D eigenvalue weighted by molar-refractivity contribution is 7.10. The van der Waals surface area contributed by atoms with E-state index in [0.717, 1.165) is 16.8 Å². The maximum Gasteiger partial charge on any atom is 0.260 e. The Labute approximate surface area is 147 Å². The van der Waals surface area contributed by atoms with E-state index in [4.69, 9.17) is 22.1 Å². The van der Waals surface area contributed by atoms with E-state index < -0.39 is 17.6 Å². The molecule has 1 aliphatic heterocycles. The van der Waals surface area contributed by atoms with Gasteiger partial charge in [-0.25, -0.2) is 4.98 Å². The Balaban J connectivity index is 1.73. The summed E-state index contributed by atoms with van der Waals surface area (Å²) in [7, 11) is 0. The van der Waals surface area contributed by atoms with Crippen LogP contribution in [0.3, 0.4) is 0 Å². The standard InChI is InChI=1S/C18H13ClN2O2S/c19-13-9-5-4-8-12(13)15-18(23-15,16(20)22)17-21-14(10-24-17)11-6-2-1-3-7-11/h1-10,15H,(H2,20,22)/t15-,18-/m1/s1. The molecule has 2 heterocycles. The van der Waals surface area contributed by atoms with Gasteiger partial charge in [0.2, 0.25) is 5.60 Å². The zero-order valence-electron chi connectivity index (χ0n) is 12.5. The minimum absolute atomic E-state index is 0.501. The molecule has 0 spiro atoms. The van der Waals surface area contributed by atoms with Gasteiger partial charge in [-0.2, -0.15) is 0 Å². The number of hydrogen-bond donors (Lipinski definition) is 1. The number of nitrogens with two attached hydrogens (primary N) is 1. The van der Waals surface area contributed by atoms with E-state index in [0.29, 0.717) is 10.0 Å². The Morgan fingerprint density at radius 3 is 2.58 bits per heavy atom. The largest absolute Gasteiger partial charge is 0.367 e. The van der Waals surface area contributed by atoms with Crippen LogP contribution < -0.4 is 5.73 Å². The minimum Gasteiger partial charge on any atom is -0.367 e. The van der Waals surface area contributed by atoms with Gasteiger partial charge in [-0.3, -0.25) is 4.79 Å². The van der Waals surface area contributed by atoms with Gasteiger partial charge in [0.25, 0.3) is 5.91 Å². The number of aromatic nitrogens is 1. The van der Waals surface area contributed by atoms with Gasteiger partial charge in [0.05, 0.1) is 5.69 Å². The lowest BCUT2D eigenvalue weighted by Crippen LogP contribution is -2.30. The van der Waals surface area contributed by atoms with Crippen molar-refractivity contribution in [2.45, 2.75) is 11.7 Å². The third kappa shape index (κ3) is 2.33. The zero-order valence-corrected chi connectivity index (χ0v) is 14.1. The Hall–Kier alpha value is -2.21. The highest BCUT2D eigenvalue weighted by Crippen LogP contribution is 2.58. The molecular formula is C18H13ClN2O2S. The molecule has 120 valence electrons. The maximum atomic E-state index is 12.1. The van der Waals surface area contributed by atoms with Crippen LogP contribution in [0, 0.1) is 0 Å². The first-order valence-corrected chi connectivity index (χ1v) is 8.62. The molecule has 1 amide bonds. The summed E-state index contributed by atoms with van der Waals surface area (Å²) in [5.74, 6) is -0.554. The lowest BCUT2D eigenvalue weighted by atomic mass is 9.99. The molecule has 1 saturated heterocycles. The SMILES string of the molecule is NC(=O)[C@]1(c2nc(-c3ccccc3)cs2)O[C@@H]1c1ccccc1Cl. The number of thiazole rings is 1. The summed E-state index contributed by atoms with van der Waals surface area (Å²) < 4.78 is 5.76. The number of ether oxygens (including phenoxy) is 1. The van der Waals surface area contributed by atoms with Gasteiger partial charge in [-0.05, 0) is 6.07 Å². The van der Waals surface area contributed by atoms with E-state index in [1.165, 1.54) is 11.3 Å². The molecule has 0 unspecified atom stereocenters. The molecule has 0 aliphatic carbocycles. The molecule has 0 radical (unpaired) electrons. The quantitative estimate of drug-likeness (QED) is 0.720. The molecule has 0 bridgehead atoms. The normalized spacial score (nSPS) is 22.3. The fraction of sp³-hybridized carbons (Fsp3) is 0.111. The summed E-state index contributed by atoms with van der Waals surface area (Å²) in [6, 6.07) is 17.0. The molecule has 1 aromatic heterocycles. The topological polar surface area (TPSA) is 68.5 Å². The second kappa shape index (κ2) is 5.70. The van der Waals surface area contributed by atoms with Gasteiger partial charge in [-0.15, -0.1) is 11.3 Å². The molecule has 2 aromatic carbocycles. The van der Waals surface area contributed by atoms with Gasteiger partial charge in [0.15, 0.2) is 0 Å². The number of hydrogen-bond acceptors (Lipinski definition) is 4.